The molecule has 0 bridgehead atoms. The summed E-state index contributed by atoms with van der Waals surface area (Å²) in [4.78, 5) is 24.0. The minimum atomic E-state index is -1.03. The third-order valence-corrected chi connectivity index (χ3v) is 3.12. The number of carboxylic acid groups (broad SMARTS) is 1. The van der Waals surface area contributed by atoms with Gasteiger partial charge < -0.3 is 19.5 Å². The van der Waals surface area contributed by atoms with E-state index < -0.39 is 12.0 Å². The van der Waals surface area contributed by atoms with Crippen molar-refractivity contribution in [2.24, 2.45) is 0 Å². The van der Waals surface area contributed by atoms with Gasteiger partial charge in [-0.15, -0.1) is 0 Å². The molecule has 6 heteroatoms. The Labute approximate surface area is 110 Å². The zero-order valence-electron chi connectivity index (χ0n) is 10.8. The highest BCUT2D eigenvalue weighted by atomic mass is 16.7. The number of carbonyl (C=O) groups excluding carboxylic acids is 1. The molecule has 0 aromatic heterocycles. The van der Waals surface area contributed by atoms with Crippen LogP contribution in [0.2, 0.25) is 0 Å². The minimum Gasteiger partial charge on any atom is -0.480 e. The van der Waals surface area contributed by atoms with Crippen molar-refractivity contribution >= 4 is 11.9 Å². The van der Waals surface area contributed by atoms with Gasteiger partial charge in [0, 0.05) is 7.05 Å². The SMILES string of the molecule is CC(C(=O)O)N(C)C(=O)Cc1ccc2c(c1)OCO2. The maximum absolute atomic E-state index is 11.9. The monoisotopic (exact) mass is 265 g/mol. The summed E-state index contributed by atoms with van der Waals surface area (Å²) in [5.74, 6) is -0.0157. The third-order valence-electron chi connectivity index (χ3n) is 3.12. The van der Waals surface area contributed by atoms with Gasteiger partial charge in [0.25, 0.3) is 0 Å². The van der Waals surface area contributed by atoms with Crippen molar-refractivity contribution in [3.63, 3.8) is 0 Å². The van der Waals surface area contributed by atoms with Gasteiger partial charge in [0.05, 0.1) is 6.42 Å². The van der Waals surface area contributed by atoms with Crippen LogP contribution >= 0.6 is 0 Å². The molecule has 0 fully saturated rings. The first-order valence-corrected chi connectivity index (χ1v) is 5.86. The molecule has 0 saturated heterocycles. The number of amides is 1. The lowest BCUT2D eigenvalue weighted by atomic mass is 10.1. The average Bonchev–Trinajstić information content (AvgIpc) is 2.84. The van der Waals surface area contributed by atoms with Crippen LogP contribution in [0.1, 0.15) is 12.5 Å². The minimum absolute atomic E-state index is 0.130. The molecule has 1 aliphatic rings. The zero-order chi connectivity index (χ0) is 14.0. The molecule has 1 aliphatic heterocycles. The summed E-state index contributed by atoms with van der Waals surface area (Å²) in [7, 11) is 1.48. The first-order valence-electron chi connectivity index (χ1n) is 5.86. The number of hydrogen-bond donors (Lipinski definition) is 1. The van der Waals surface area contributed by atoms with Gasteiger partial charge in [0.1, 0.15) is 6.04 Å². The molecule has 6 nitrogen and oxygen atoms in total. The molecule has 1 heterocycles. The number of ether oxygens (including phenoxy) is 2. The molecule has 0 spiro atoms. The molecular weight excluding hydrogens is 250 g/mol. The normalized spacial score (nSPS) is 14.0. The molecule has 2 rings (SSSR count). The van der Waals surface area contributed by atoms with Gasteiger partial charge in [-0.1, -0.05) is 6.07 Å². The van der Waals surface area contributed by atoms with Crippen molar-refractivity contribution in [1.29, 1.82) is 0 Å². The number of aliphatic carboxylic acids is 1. The van der Waals surface area contributed by atoms with Gasteiger partial charge in [0.2, 0.25) is 12.7 Å². The van der Waals surface area contributed by atoms with Crippen LogP contribution < -0.4 is 9.47 Å². The van der Waals surface area contributed by atoms with E-state index in [9.17, 15) is 9.59 Å². The number of carbonyl (C=O) groups is 2. The van der Waals surface area contributed by atoms with Crippen molar-refractivity contribution in [2.45, 2.75) is 19.4 Å². The first-order chi connectivity index (χ1) is 8.99. The number of fused-ring (bicyclic) bond motifs is 1. The Balaban J connectivity index is 2.05. The standard InChI is InChI=1S/C13H15NO5/c1-8(13(16)17)14(2)12(15)6-9-3-4-10-11(5-9)19-7-18-10/h3-5,8H,6-7H2,1-2H3,(H,16,17). The van der Waals surface area contributed by atoms with Crippen molar-refractivity contribution < 1.29 is 24.2 Å². The molecule has 0 radical (unpaired) electrons. The summed E-state index contributed by atoms with van der Waals surface area (Å²) >= 11 is 0. The third kappa shape index (κ3) is 2.78. The van der Waals surface area contributed by atoms with Gasteiger partial charge in [0.15, 0.2) is 11.5 Å². The Morgan fingerprint density at radius 1 is 1.37 bits per heavy atom. The highest BCUT2D eigenvalue weighted by Gasteiger charge is 2.22. The van der Waals surface area contributed by atoms with Crippen molar-refractivity contribution in [2.75, 3.05) is 13.8 Å². The second-order valence-corrected chi connectivity index (χ2v) is 4.38. The Morgan fingerprint density at radius 3 is 2.74 bits per heavy atom. The van der Waals surface area contributed by atoms with E-state index in [1.165, 1.54) is 18.9 Å². The van der Waals surface area contributed by atoms with Crippen LogP contribution in [0.3, 0.4) is 0 Å². The molecule has 0 saturated carbocycles. The number of rotatable bonds is 4. The van der Waals surface area contributed by atoms with Crippen LogP contribution in [0.25, 0.3) is 0 Å². The molecule has 1 unspecified atom stereocenters. The fourth-order valence-electron chi connectivity index (χ4n) is 1.73. The van der Waals surface area contributed by atoms with Crippen LogP contribution in [0.5, 0.6) is 11.5 Å². The van der Waals surface area contributed by atoms with E-state index in [-0.39, 0.29) is 19.1 Å². The Bertz CT molecular complexity index is 514. The fourth-order valence-corrected chi connectivity index (χ4v) is 1.73. The van der Waals surface area contributed by atoms with Gasteiger partial charge in [-0.25, -0.2) is 4.79 Å². The summed E-state index contributed by atoms with van der Waals surface area (Å²) in [6.07, 6.45) is 0.130. The lowest BCUT2D eigenvalue weighted by molar-refractivity contribution is -0.148. The molecule has 1 aromatic carbocycles. The van der Waals surface area contributed by atoms with Gasteiger partial charge in [-0.3, -0.25) is 4.79 Å². The predicted octanol–water partition coefficient (Wildman–Crippen LogP) is 0.889. The second kappa shape index (κ2) is 5.17. The fraction of sp³-hybridized carbons (Fsp3) is 0.385. The highest BCUT2D eigenvalue weighted by molar-refractivity contribution is 5.84. The van der Waals surface area contributed by atoms with E-state index in [0.717, 1.165) is 5.56 Å². The van der Waals surface area contributed by atoms with E-state index >= 15 is 0 Å². The Hall–Kier alpha value is -2.24. The molecule has 1 amide bonds. The van der Waals surface area contributed by atoms with Gasteiger partial charge >= 0.3 is 5.97 Å². The van der Waals surface area contributed by atoms with E-state index in [0.29, 0.717) is 11.5 Å². The van der Waals surface area contributed by atoms with Crippen molar-refractivity contribution in [3.05, 3.63) is 23.8 Å². The summed E-state index contributed by atoms with van der Waals surface area (Å²) in [5, 5.41) is 8.86. The number of carboxylic acids is 1. The number of hydrogen-bond acceptors (Lipinski definition) is 4. The highest BCUT2D eigenvalue weighted by Crippen LogP contribution is 2.32. The van der Waals surface area contributed by atoms with Gasteiger partial charge in [-0.2, -0.15) is 0 Å². The molecule has 19 heavy (non-hydrogen) atoms. The maximum Gasteiger partial charge on any atom is 0.326 e. The number of likely N-dealkylation sites (N-methyl/N-ethyl adjacent to an activating group) is 1. The largest absolute Gasteiger partial charge is 0.480 e. The number of benzene rings is 1. The summed E-state index contributed by atoms with van der Waals surface area (Å²) in [6, 6.07) is 4.40. The van der Waals surface area contributed by atoms with E-state index in [2.05, 4.69) is 0 Å². The molecule has 1 aromatic rings. The molecule has 102 valence electrons. The van der Waals surface area contributed by atoms with Crippen LogP contribution in [0.15, 0.2) is 18.2 Å². The van der Waals surface area contributed by atoms with Crippen LogP contribution in [0.4, 0.5) is 0 Å². The molecular formula is C13H15NO5. The molecule has 1 atom stereocenters. The molecule has 1 N–H and O–H groups in total. The zero-order valence-corrected chi connectivity index (χ0v) is 10.8. The smallest absolute Gasteiger partial charge is 0.326 e. The van der Waals surface area contributed by atoms with Crippen molar-refractivity contribution in [3.8, 4) is 11.5 Å². The second-order valence-electron chi connectivity index (χ2n) is 4.38. The topological polar surface area (TPSA) is 76.1 Å². The lowest BCUT2D eigenvalue weighted by Crippen LogP contribution is -2.41. The van der Waals surface area contributed by atoms with Gasteiger partial charge in [-0.05, 0) is 24.6 Å². The van der Waals surface area contributed by atoms with E-state index in [1.54, 1.807) is 18.2 Å². The summed E-state index contributed by atoms with van der Waals surface area (Å²) in [6.45, 7) is 1.66. The summed E-state index contributed by atoms with van der Waals surface area (Å²) in [5.41, 5.74) is 0.763. The van der Waals surface area contributed by atoms with Crippen molar-refractivity contribution in [1.82, 2.24) is 4.90 Å². The quantitative estimate of drug-likeness (QED) is 0.875. The van der Waals surface area contributed by atoms with E-state index in [4.69, 9.17) is 14.6 Å². The van der Waals surface area contributed by atoms with Crippen LogP contribution in [0, 0.1) is 0 Å². The number of nitrogens with zero attached hydrogens (tertiary/aromatic N) is 1. The predicted molar refractivity (Wildman–Crippen MR) is 66.1 cm³/mol. The lowest BCUT2D eigenvalue weighted by Gasteiger charge is -2.21. The maximum atomic E-state index is 11.9. The Morgan fingerprint density at radius 2 is 2.05 bits per heavy atom. The van der Waals surface area contributed by atoms with Crippen LogP contribution in [-0.4, -0.2) is 41.8 Å². The van der Waals surface area contributed by atoms with Crippen LogP contribution in [-0.2, 0) is 16.0 Å². The Kier molecular flexibility index (Phi) is 3.59. The van der Waals surface area contributed by atoms with E-state index in [1.807, 2.05) is 0 Å². The summed E-state index contributed by atoms with van der Waals surface area (Å²) < 4.78 is 10.4. The molecule has 0 aliphatic carbocycles. The average molecular weight is 265 g/mol. The first kappa shape index (κ1) is 13.2.